The van der Waals surface area contributed by atoms with Crippen LogP contribution in [0.4, 0.5) is 17.1 Å². The summed E-state index contributed by atoms with van der Waals surface area (Å²) >= 11 is 1.35. The maximum atomic E-state index is 13.2. The Kier molecular flexibility index (Phi) is 7.10. The van der Waals surface area contributed by atoms with Gasteiger partial charge >= 0.3 is 0 Å². The lowest BCUT2D eigenvalue weighted by Gasteiger charge is -2.28. The van der Waals surface area contributed by atoms with Crippen molar-refractivity contribution in [2.24, 2.45) is 4.99 Å². The first kappa shape index (κ1) is 25.8. The van der Waals surface area contributed by atoms with E-state index >= 15 is 0 Å². The molecule has 1 aromatic heterocycles. The number of ether oxygens (including phenoxy) is 1. The van der Waals surface area contributed by atoms with E-state index in [4.69, 9.17) is 9.73 Å². The summed E-state index contributed by atoms with van der Waals surface area (Å²) in [5, 5.41) is 12.9. The number of amides is 1. The highest BCUT2D eigenvalue weighted by Gasteiger charge is 2.30. The van der Waals surface area contributed by atoms with Crippen molar-refractivity contribution in [3.05, 3.63) is 105 Å². The number of non-ortho nitro benzene ring substituents is 1. The highest BCUT2D eigenvalue weighted by Crippen LogP contribution is 2.35. The van der Waals surface area contributed by atoms with Gasteiger partial charge in [-0.2, -0.15) is 0 Å². The molecule has 2 fully saturated rings. The lowest BCUT2D eigenvalue weighted by molar-refractivity contribution is -0.384. The van der Waals surface area contributed by atoms with Gasteiger partial charge in [0.2, 0.25) is 0 Å². The molecule has 2 aliphatic rings. The van der Waals surface area contributed by atoms with Gasteiger partial charge in [0, 0.05) is 67.2 Å². The maximum absolute atomic E-state index is 13.2. The fourth-order valence-corrected chi connectivity index (χ4v) is 5.93. The zero-order valence-corrected chi connectivity index (χ0v) is 22.7. The van der Waals surface area contributed by atoms with Gasteiger partial charge in [-0.15, -0.1) is 0 Å². The summed E-state index contributed by atoms with van der Waals surface area (Å²) < 4.78 is 7.49. The van der Waals surface area contributed by atoms with Crippen molar-refractivity contribution in [2.75, 3.05) is 38.3 Å². The molecule has 0 N–H and O–H groups in total. The molecule has 2 aliphatic heterocycles. The number of hydrogen-bond donors (Lipinski definition) is 0. The molecule has 1 amide bonds. The molecular formula is C30H27N5O4S. The Labute approximate surface area is 235 Å². The Morgan fingerprint density at radius 1 is 1.05 bits per heavy atom. The standard InChI is InChI=1S/C30H27N5O4S/c1-32-29(36)28(40-30(32)31-23-9-11-24(12-10-23)33-13-15-39-16-14-33)18-22-20-34(27-8-3-2-7-26(22)27)19-21-5-4-6-25(17-21)35(37)38/h2-12,17-18,20H,13-16,19H2,1H3. The molecular weight excluding hydrogens is 526 g/mol. The average molecular weight is 554 g/mol. The predicted octanol–water partition coefficient (Wildman–Crippen LogP) is 5.67. The van der Waals surface area contributed by atoms with Crippen molar-refractivity contribution >= 4 is 56.9 Å². The SMILES string of the molecule is CN1C(=O)C(=Cc2cn(Cc3cccc([N+](=O)[O-])c3)c3ccccc23)SC1=Nc1ccc(N2CCOCC2)cc1. The maximum Gasteiger partial charge on any atom is 0.269 e. The number of nitro groups is 1. The third kappa shape index (κ3) is 5.23. The van der Waals surface area contributed by atoms with Gasteiger partial charge in [0.25, 0.3) is 11.6 Å². The normalized spacial score (nSPS) is 17.9. The number of aliphatic imine (C=N–C) groups is 1. The zero-order valence-electron chi connectivity index (χ0n) is 21.9. The van der Waals surface area contributed by atoms with Gasteiger partial charge in [0.05, 0.1) is 28.7 Å². The summed E-state index contributed by atoms with van der Waals surface area (Å²) in [7, 11) is 1.74. The Morgan fingerprint density at radius 2 is 1.82 bits per heavy atom. The summed E-state index contributed by atoms with van der Waals surface area (Å²) in [6.45, 7) is 3.68. The second kappa shape index (κ2) is 11.0. The van der Waals surface area contributed by atoms with Gasteiger partial charge in [0.15, 0.2) is 5.17 Å². The third-order valence-corrected chi connectivity index (χ3v) is 8.09. The molecule has 4 aromatic rings. The number of fused-ring (bicyclic) bond motifs is 1. The number of para-hydroxylation sites is 1. The number of benzene rings is 3. The van der Waals surface area contributed by atoms with Crippen molar-refractivity contribution in [2.45, 2.75) is 6.54 Å². The van der Waals surface area contributed by atoms with Crippen LogP contribution in [0.2, 0.25) is 0 Å². The molecule has 0 spiro atoms. The first-order chi connectivity index (χ1) is 19.5. The van der Waals surface area contributed by atoms with Crippen LogP contribution in [-0.4, -0.2) is 58.8 Å². The zero-order chi connectivity index (χ0) is 27.6. The van der Waals surface area contributed by atoms with Crippen molar-refractivity contribution < 1.29 is 14.5 Å². The molecule has 3 aromatic carbocycles. The number of likely N-dealkylation sites (N-methyl/N-ethyl adjacent to an activating group) is 1. The summed E-state index contributed by atoms with van der Waals surface area (Å²) in [6, 6.07) is 22.7. The molecule has 0 radical (unpaired) electrons. The fraction of sp³-hybridized carbons (Fsp3) is 0.200. The molecule has 3 heterocycles. The third-order valence-electron chi connectivity index (χ3n) is 7.03. The first-order valence-corrected chi connectivity index (χ1v) is 13.8. The number of hydrogen-bond acceptors (Lipinski definition) is 7. The van der Waals surface area contributed by atoms with E-state index < -0.39 is 0 Å². The number of thioether (sulfide) groups is 1. The molecule has 0 saturated carbocycles. The minimum Gasteiger partial charge on any atom is -0.378 e. The predicted molar refractivity (Wildman–Crippen MR) is 159 cm³/mol. The number of amidine groups is 1. The van der Waals surface area contributed by atoms with Crippen LogP contribution in [-0.2, 0) is 16.1 Å². The molecule has 6 rings (SSSR count). The number of nitrogens with zero attached hydrogens (tertiary/aromatic N) is 5. The van der Waals surface area contributed by atoms with E-state index in [9.17, 15) is 14.9 Å². The van der Waals surface area contributed by atoms with Crippen molar-refractivity contribution in [1.82, 2.24) is 9.47 Å². The van der Waals surface area contributed by atoms with Gasteiger partial charge in [-0.1, -0.05) is 30.3 Å². The minimum absolute atomic E-state index is 0.0647. The van der Waals surface area contributed by atoms with Crippen LogP contribution in [0.1, 0.15) is 11.1 Å². The highest BCUT2D eigenvalue weighted by molar-refractivity contribution is 8.18. The van der Waals surface area contributed by atoms with Gasteiger partial charge in [0.1, 0.15) is 0 Å². The van der Waals surface area contributed by atoms with Crippen molar-refractivity contribution in [3.63, 3.8) is 0 Å². The molecule has 202 valence electrons. The largest absolute Gasteiger partial charge is 0.378 e. The number of aromatic nitrogens is 1. The average Bonchev–Trinajstić information content (AvgIpc) is 3.46. The van der Waals surface area contributed by atoms with Crippen LogP contribution in [0.25, 0.3) is 17.0 Å². The van der Waals surface area contributed by atoms with Gasteiger partial charge in [-0.05, 0) is 53.7 Å². The first-order valence-electron chi connectivity index (χ1n) is 13.0. The van der Waals surface area contributed by atoms with Crippen molar-refractivity contribution in [3.8, 4) is 0 Å². The number of rotatable bonds is 6. The Bertz CT molecular complexity index is 1650. The Balaban J connectivity index is 1.26. The lowest BCUT2D eigenvalue weighted by Crippen LogP contribution is -2.36. The van der Waals surface area contributed by atoms with E-state index in [1.54, 1.807) is 24.1 Å². The molecule has 40 heavy (non-hydrogen) atoms. The van der Waals surface area contributed by atoms with E-state index in [2.05, 4.69) is 21.6 Å². The monoisotopic (exact) mass is 553 g/mol. The van der Waals surface area contributed by atoms with Gasteiger partial charge in [-0.25, -0.2) is 4.99 Å². The number of morpholine rings is 1. The van der Waals surface area contributed by atoms with E-state index in [0.717, 1.165) is 59.7 Å². The van der Waals surface area contributed by atoms with Crippen LogP contribution in [0.15, 0.2) is 88.9 Å². The second-order valence-corrected chi connectivity index (χ2v) is 10.7. The number of carbonyl (C=O) groups excluding carboxylic acids is 1. The van der Waals surface area contributed by atoms with Crippen LogP contribution < -0.4 is 4.90 Å². The van der Waals surface area contributed by atoms with E-state index in [1.807, 2.05) is 54.7 Å². The summed E-state index contributed by atoms with van der Waals surface area (Å²) in [5.41, 5.74) is 4.70. The minimum atomic E-state index is -0.385. The number of anilines is 1. The number of nitro benzene ring substituents is 1. The summed E-state index contributed by atoms with van der Waals surface area (Å²) in [5.74, 6) is -0.107. The second-order valence-electron chi connectivity index (χ2n) is 9.64. The van der Waals surface area contributed by atoms with E-state index in [-0.39, 0.29) is 16.5 Å². The molecule has 0 atom stereocenters. The van der Waals surface area contributed by atoms with Gasteiger partial charge in [-0.3, -0.25) is 19.8 Å². The quantitative estimate of drug-likeness (QED) is 0.174. The molecule has 9 nitrogen and oxygen atoms in total. The van der Waals surface area contributed by atoms with Crippen LogP contribution in [0, 0.1) is 10.1 Å². The van der Waals surface area contributed by atoms with E-state index in [0.29, 0.717) is 16.6 Å². The Morgan fingerprint density at radius 3 is 2.60 bits per heavy atom. The molecule has 0 aliphatic carbocycles. The van der Waals surface area contributed by atoms with Gasteiger partial charge < -0.3 is 14.2 Å². The van der Waals surface area contributed by atoms with Crippen LogP contribution in [0.3, 0.4) is 0 Å². The summed E-state index contributed by atoms with van der Waals surface area (Å²) in [4.78, 5) is 33.2. The highest BCUT2D eigenvalue weighted by atomic mass is 32.2. The lowest BCUT2D eigenvalue weighted by atomic mass is 10.1. The van der Waals surface area contributed by atoms with E-state index in [1.165, 1.54) is 17.8 Å². The smallest absolute Gasteiger partial charge is 0.269 e. The number of carbonyl (C=O) groups is 1. The fourth-order valence-electron chi connectivity index (χ4n) is 4.95. The molecule has 0 bridgehead atoms. The Hall–Kier alpha value is -4.41. The molecule has 10 heteroatoms. The molecule has 0 unspecified atom stereocenters. The summed E-state index contributed by atoms with van der Waals surface area (Å²) in [6.07, 6.45) is 3.89. The van der Waals surface area contributed by atoms with Crippen LogP contribution in [0.5, 0.6) is 0 Å². The van der Waals surface area contributed by atoms with Crippen molar-refractivity contribution in [1.29, 1.82) is 0 Å². The van der Waals surface area contributed by atoms with Crippen LogP contribution >= 0.6 is 11.8 Å². The topological polar surface area (TPSA) is 93.2 Å². The molecule has 2 saturated heterocycles.